The average molecular weight is 437 g/mol. The molecule has 1 amide bonds. The molecular formula is C23H24N4O3S. The first-order valence-corrected chi connectivity index (χ1v) is 10.8. The normalized spacial score (nSPS) is 11.1. The number of methoxy groups -OCH3 is 1. The summed E-state index contributed by atoms with van der Waals surface area (Å²) in [5.41, 5.74) is 2.17. The van der Waals surface area contributed by atoms with Crippen molar-refractivity contribution in [2.45, 2.75) is 20.8 Å². The number of ether oxygens (including phenoxy) is 2. The molecule has 0 unspecified atom stereocenters. The van der Waals surface area contributed by atoms with Gasteiger partial charge in [0, 0.05) is 11.6 Å². The van der Waals surface area contributed by atoms with E-state index in [2.05, 4.69) is 29.2 Å². The molecule has 160 valence electrons. The number of aromatic nitrogens is 3. The maximum Gasteiger partial charge on any atom is 0.256 e. The Hall–Kier alpha value is -3.39. The molecule has 2 aromatic heterocycles. The monoisotopic (exact) mass is 436 g/mol. The number of carbonyl (C=O) groups excluding carboxylic acids is 1. The van der Waals surface area contributed by atoms with Crippen LogP contribution in [0.4, 0.5) is 5.82 Å². The second-order valence-electron chi connectivity index (χ2n) is 7.60. The van der Waals surface area contributed by atoms with Crippen LogP contribution in [0.1, 0.15) is 29.9 Å². The summed E-state index contributed by atoms with van der Waals surface area (Å²) < 4.78 is 13.6. The van der Waals surface area contributed by atoms with E-state index in [1.807, 2.05) is 31.2 Å². The molecule has 0 spiro atoms. The standard InChI is InChI=1S/C23H24N4O3S/c1-14(2)13-30-17-7-5-16(6-8-17)22(28)25-21-11-15(3)26-27(21)23-24-19-10-9-18(29-4)12-20(19)31-23/h5-12,14H,13H2,1-4H3,(H,25,28). The van der Waals surface area contributed by atoms with Crippen molar-refractivity contribution in [3.05, 3.63) is 59.8 Å². The van der Waals surface area contributed by atoms with Gasteiger partial charge < -0.3 is 14.8 Å². The van der Waals surface area contributed by atoms with Crippen LogP contribution in [0.3, 0.4) is 0 Å². The minimum atomic E-state index is -0.223. The van der Waals surface area contributed by atoms with Crippen molar-refractivity contribution in [2.24, 2.45) is 5.92 Å². The van der Waals surface area contributed by atoms with E-state index in [0.29, 0.717) is 29.0 Å². The number of amides is 1. The van der Waals surface area contributed by atoms with E-state index in [1.165, 1.54) is 11.3 Å². The molecule has 0 atom stereocenters. The third-order valence-electron chi connectivity index (χ3n) is 4.54. The lowest BCUT2D eigenvalue weighted by Gasteiger charge is -2.10. The van der Waals surface area contributed by atoms with Gasteiger partial charge in [-0.15, -0.1) is 0 Å². The maximum atomic E-state index is 12.8. The highest BCUT2D eigenvalue weighted by Gasteiger charge is 2.16. The number of aryl methyl sites for hydroxylation is 1. The van der Waals surface area contributed by atoms with Crippen LogP contribution in [0.15, 0.2) is 48.5 Å². The van der Waals surface area contributed by atoms with Crippen LogP contribution in [-0.4, -0.2) is 34.4 Å². The lowest BCUT2D eigenvalue weighted by molar-refractivity contribution is 0.102. The quantitative estimate of drug-likeness (QED) is 0.437. The number of hydrogen-bond donors (Lipinski definition) is 1. The first-order chi connectivity index (χ1) is 14.9. The predicted octanol–water partition coefficient (Wildman–Crippen LogP) is 5.09. The molecule has 0 bridgehead atoms. The number of nitrogens with one attached hydrogen (secondary N) is 1. The Labute approximate surface area is 184 Å². The van der Waals surface area contributed by atoms with Crippen molar-refractivity contribution in [2.75, 3.05) is 19.0 Å². The largest absolute Gasteiger partial charge is 0.497 e. The minimum Gasteiger partial charge on any atom is -0.497 e. The van der Waals surface area contributed by atoms with E-state index >= 15 is 0 Å². The molecule has 0 aliphatic rings. The fraction of sp³-hybridized carbons (Fsp3) is 0.261. The lowest BCUT2D eigenvalue weighted by atomic mass is 10.2. The summed E-state index contributed by atoms with van der Waals surface area (Å²) in [4.78, 5) is 17.5. The van der Waals surface area contributed by atoms with Crippen molar-refractivity contribution in [3.63, 3.8) is 0 Å². The Balaban J connectivity index is 1.55. The molecule has 2 aromatic carbocycles. The highest BCUT2D eigenvalue weighted by molar-refractivity contribution is 7.20. The molecule has 0 saturated heterocycles. The van der Waals surface area contributed by atoms with Crippen molar-refractivity contribution in [1.29, 1.82) is 0 Å². The van der Waals surface area contributed by atoms with Gasteiger partial charge in [-0.1, -0.05) is 25.2 Å². The van der Waals surface area contributed by atoms with E-state index in [-0.39, 0.29) is 5.91 Å². The van der Waals surface area contributed by atoms with Crippen LogP contribution < -0.4 is 14.8 Å². The fourth-order valence-corrected chi connectivity index (χ4v) is 3.96. The van der Waals surface area contributed by atoms with E-state index in [4.69, 9.17) is 9.47 Å². The highest BCUT2D eigenvalue weighted by atomic mass is 32.1. The van der Waals surface area contributed by atoms with Gasteiger partial charge in [-0.05, 0) is 55.3 Å². The summed E-state index contributed by atoms with van der Waals surface area (Å²) in [6, 6.07) is 14.7. The SMILES string of the molecule is COc1ccc2nc(-n3nc(C)cc3NC(=O)c3ccc(OCC(C)C)cc3)sc2c1. The van der Waals surface area contributed by atoms with Gasteiger partial charge in [-0.3, -0.25) is 4.79 Å². The Morgan fingerprint density at radius 2 is 1.87 bits per heavy atom. The Morgan fingerprint density at radius 3 is 2.58 bits per heavy atom. The van der Waals surface area contributed by atoms with Gasteiger partial charge in [0.1, 0.15) is 17.3 Å². The second-order valence-corrected chi connectivity index (χ2v) is 8.61. The zero-order chi connectivity index (χ0) is 22.0. The third kappa shape index (κ3) is 4.69. The maximum absolute atomic E-state index is 12.8. The first kappa shape index (κ1) is 20.9. The van der Waals surface area contributed by atoms with Crippen molar-refractivity contribution < 1.29 is 14.3 Å². The molecule has 7 nitrogen and oxygen atoms in total. The van der Waals surface area contributed by atoms with Crippen molar-refractivity contribution >= 4 is 33.3 Å². The summed E-state index contributed by atoms with van der Waals surface area (Å²) >= 11 is 1.48. The molecule has 0 fully saturated rings. The number of anilines is 1. The van der Waals surface area contributed by atoms with Gasteiger partial charge in [0.2, 0.25) is 5.13 Å². The molecule has 31 heavy (non-hydrogen) atoms. The zero-order valence-corrected chi connectivity index (χ0v) is 18.7. The smallest absolute Gasteiger partial charge is 0.256 e. The molecule has 4 rings (SSSR count). The van der Waals surface area contributed by atoms with Gasteiger partial charge in [0.05, 0.1) is 29.6 Å². The lowest BCUT2D eigenvalue weighted by Crippen LogP contribution is -2.15. The van der Waals surface area contributed by atoms with Gasteiger partial charge in [-0.25, -0.2) is 4.98 Å². The molecule has 8 heteroatoms. The van der Waals surface area contributed by atoms with E-state index in [1.54, 1.807) is 36.1 Å². The molecule has 0 saturated carbocycles. The van der Waals surface area contributed by atoms with Crippen molar-refractivity contribution in [3.8, 4) is 16.6 Å². The third-order valence-corrected chi connectivity index (χ3v) is 5.53. The first-order valence-electron chi connectivity index (χ1n) is 9.99. The topological polar surface area (TPSA) is 78.3 Å². The van der Waals surface area contributed by atoms with Crippen LogP contribution >= 0.6 is 11.3 Å². The second kappa shape index (κ2) is 8.77. The molecule has 1 N–H and O–H groups in total. The van der Waals surface area contributed by atoms with E-state index in [9.17, 15) is 4.79 Å². The number of benzene rings is 2. The van der Waals surface area contributed by atoms with Gasteiger partial charge in [0.25, 0.3) is 5.91 Å². The molecule has 0 aliphatic heterocycles. The number of nitrogens with zero attached hydrogens (tertiary/aromatic N) is 3. The Bertz CT molecular complexity index is 1210. The van der Waals surface area contributed by atoms with Crippen LogP contribution in [0, 0.1) is 12.8 Å². The molecule has 0 radical (unpaired) electrons. The van der Waals surface area contributed by atoms with Crippen LogP contribution in [0.2, 0.25) is 0 Å². The van der Waals surface area contributed by atoms with Crippen LogP contribution in [0.5, 0.6) is 11.5 Å². The minimum absolute atomic E-state index is 0.223. The van der Waals surface area contributed by atoms with E-state index in [0.717, 1.165) is 27.4 Å². The summed E-state index contributed by atoms with van der Waals surface area (Å²) in [6.45, 7) is 6.70. The number of rotatable bonds is 7. The van der Waals surface area contributed by atoms with E-state index < -0.39 is 0 Å². The molecular weight excluding hydrogens is 412 g/mol. The van der Waals surface area contributed by atoms with Crippen LogP contribution in [0.25, 0.3) is 15.3 Å². The number of carbonyl (C=O) groups is 1. The summed E-state index contributed by atoms with van der Waals surface area (Å²) in [6.07, 6.45) is 0. The Kier molecular flexibility index (Phi) is 5.90. The molecule has 2 heterocycles. The van der Waals surface area contributed by atoms with Crippen LogP contribution in [-0.2, 0) is 0 Å². The fourth-order valence-electron chi connectivity index (χ4n) is 3.00. The van der Waals surface area contributed by atoms with Gasteiger partial charge >= 0.3 is 0 Å². The Morgan fingerprint density at radius 1 is 1.13 bits per heavy atom. The summed E-state index contributed by atoms with van der Waals surface area (Å²) in [7, 11) is 1.64. The molecule has 4 aromatic rings. The average Bonchev–Trinajstić information content (AvgIpc) is 3.34. The highest BCUT2D eigenvalue weighted by Crippen LogP contribution is 2.30. The predicted molar refractivity (Wildman–Crippen MR) is 123 cm³/mol. The summed E-state index contributed by atoms with van der Waals surface area (Å²) in [5, 5.41) is 8.13. The number of hydrogen-bond acceptors (Lipinski definition) is 6. The number of fused-ring (bicyclic) bond motifs is 1. The summed E-state index contributed by atoms with van der Waals surface area (Å²) in [5.74, 6) is 2.30. The van der Waals surface area contributed by atoms with Gasteiger partial charge in [-0.2, -0.15) is 9.78 Å². The van der Waals surface area contributed by atoms with Gasteiger partial charge in [0.15, 0.2) is 0 Å². The van der Waals surface area contributed by atoms with Crippen molar-refractivity contribution in [1.82, 2.24) is 14.8 Å². The number of thiazole rings is 1. The zero-order valence-electron chi connectivity index (χ0n) is 17.9. The molecule has 0 aliphatic carbocycles.